The number of aromatic carboxylic acids is 1. The van der Waals surface area contributed by atoms with Crippen LogP contribution in [0.4, 0.5) is 10.1 Å². The Balaban J connectivity index is 2.08. The molecule has 0 aliphatic carbocycles. The Bertz CT molecular complexity index is 499. The number of carbonyl (C=O) groups is 2. The maximum atomic E-state index is 13.2. The van der Waals surface area contributed by atoms with Crippen LogP contribution in [-0.4, -0.2) is 30.1 Å². The highest BCUT2D eigenvalue weighted by atomic mass is 19.1. The molecule has 5 nitrogen and oxygen atoms in total. The maximum Gasteiger partial charge on any atom is 0.338 e. The molecule has 1 fully saturated rings. The average Bonchev–Trinajstić information content (AvgIpc) is 2.41. The molecule has 1 unspecified atom stereocenters. The van der Waals surface area contributed by atoms with E-state index in [1.165, 1.54) is 6.07 Å². The number of carboxylic acid groups (broad SMARTS) is 1. The van der Waals surface area contributed by atoms with Gasteiger partial charge in [-0.15, -0.1) is 0 Å². The van der Waals surface area contributed by atoms with E-state index in [1.54, 1.807) is 0 Å². The van der Waals surface area contributed by atoms with E-state index in [0.29, 0.717) is 12.2 Å². The fraction of sp³-hybridized carbons (Fsp3) is 0.385. The highest BCUT2D eigenvalue weighted by Gasteiger charge is 2.21. The number of anilines is 1. The predicted octanol–water partition coefficient (Wildman–Crippen LogP) is 1.46. The molecule has 102 valence electrons. The van der Waals surface area contributed by atoms with Crippen molar-refractivity contribution in [3.63, 3.8) is 0 Å². The lowest BCUT2D eigenvalue weighted by Gasteiger charge is -2.21. The number of benzene rings is 1. The van der Waals surface area contributed by atoms with Crippen LogP contribution >= 0.6 is 0 Å². The quantitative estimate of drug-likeness (QED) is 0.774. The number of halogens is 1. The van der Waals surface area contributed by atoms with Crippen LogP contribution in [0, 0.1) is 11.7 Å². The van der Waals surface area contributed by atoms with Crippen molar-refractivity contribution < 1.29 is 19.1 Å². The second-order valence-electron chi connectivity index (χ2n) is 4.53. The molecule has 1 aromatic carbocycles. The molecular formula is C13H15FN2O3. The highest BCUT2D eigenvalue weighted by Crippen LogP contribution is 2.17. The molecule has 0 aromatic heterocycles. The minimum absolute atomic E-state index is 0.132. The lowest BCUT2D eigenvalue weighted by Crippen LogP contribution is -2.37. The number of rotatable bonds is 3. The van der Waals surface area contributed by atoms with Gasteiger partial charge in [-0.3, -0.25) is 4.79 Å². The van der Waals surface area contributed by atoms with Crippen molar-refractivity contribution in [2.24, 2.45) is 5.92 Å². The molecule has 6 heteroatoms. The highest BCUT2D eigenvalue weighted by molar-refractivity contribution is 5.95. The van der Waals surface area contributed by atoms with Gasteiger partial charge in [-0.1, -0.05) is 0 Å². The van der Waals surface area contributed by atoms with E-state index < -0.39 is 17.3 Å². The molecule has 1 aliphatic heterocycles. The van der Waals surface area contributed by atoms with Gasteiger partial charge in [-0.2, -0.15) is 0 Å². The standard InChI is InChI=1S/C13H15FN2O3/c14-11-4-3-9(6-10(11)13(18)19)16-12(17)8-2-1-5-15-7-8/h3-4,6,8,15H,1-2,5,7H2,(H,16,17)(H,18,19). The third-order valence-electron chi connectivity index (χ3n) is 3.13. The zero-order valence-electron chi connectivity index (χ0n) is 10.3. The summed E-state index contributed by atoms with van der Waals surface area (Å²) in [7, 11) is 0. The third-order valence-corrected chi connectivity index (χ3v) is 3.13. The first-order valence-corrected chi connectivity index (χ1v) is 6.12. The van der Waals surface area contributed by atoms with E-state index in [0.717, 1.165) is 31.5 Å². The summed E-state index contributed by atoms with van der Waals surface area (Å²) in [5.41, 5.74) is -0.144. The Morgan fingerprint density at radius 3 is 2.84 bits per heavy atom. The summed E-state index contributed by atoms with van der Waals surface area (Å²) in [5.74, 6) is -2.47. The molecule has 1 aliphatic rings. The monoisotopic (exact) mass is 266 g/mol. The van der Waals surface area contributed by atoms with Crippen molar-refractivity contribution in [2.45, 2.75) is 12.8 Å². The fourth-order valence-electron chi connectivity index (χ4n) is 2.09. The topological polar surface area (TPSA) is 78.4 Å². The number of carbonyl (C=O) groups excluding carboxylic acids is 1. The van der Waals surface area contributed by atoms with E-state index in [-0.39, 0.29) is 11.8 Å². The number of carboxylic acids is 1. The van der Waals surface area contributed by atoms with E-state index >= 15 is 0 Å². The second kappa shape index (κ2) is 5.79. The number of hydrogen-bond donors (Lipinski definition) is 3. The van der Waals surface area contributed by atoms with Crippen LogP contribution < -0.4 is 10.6 Å². The van der Waals surface area contributed by atoms with Gasteiger partial charge in [0, 0.05) is 12.2 Å². The van der Waals surface area contributed by atoms with E-state index in [2.05, 4.69) is 10.6 Å². The van der Waals surface area contributed by atoms with E-state index in [9.17, 15) is 14.0 Å². The number of piperidine rings is 1. The summed E-state index contributed by atoms with van der Waals surface area (Å²) >= 11 is 0. The first kappa shape index (κ1) is 13.5. The van der Waals surface area contributed by atoms with Crippen LogP contribution in [0.3, 0.4) is 0 Å². The van der Waals surface area contributed by atoms with Crippen molar-refractivity contribution in [2.75, 3.05) is 18.4 Å². The summed E-state index contributed by atoms with van der Waals surface area (Å²) in [5, 5.41) is 14.6. The molecule has 1 heterocycles. The summed E-state index contributed by atoms with van der Waals surface area (Å²) in [6.07, 6.45) is 1.73. The first-order valence-electron chi connectivity index (χ1n) is 6.12. The zero-order chi connectivity index (χ0) is 13.8. The van der Waals surface area contributed by atoms with Crippen LogP contribution in [-0.2, 0) is 4.79 Å². The van der Waals surface area contributed by atoms with Gasteiger partial charge in [0.1, 0.15) is 5.82 Å². The van der Waals surface area contributed by atoms with E-state index in [1.807, 2.05) is 0 Å². The van der Waals surface area contributed by atoms with Crippen LogP contribution in [0.1, 0.15) is 23.2 Å². The minimum Gasteiger partial charge on any atom is -0.478 e. The Hall–Kier alpha value is -1.95. The smallest absolute Gasteiger partial charge is 0.338 e. The van der Waals surface area contributed by atoms with Gasteiger partial charge in [0.15, 0.2) is 0 Å². The first-order chi connectivity index (χ1) is 9.08. The molecule has 19 heavy (non-hydrogen) atoms. The second-order valence-corrected chi connectivity index (χ2v) is 4.53. The zero-order valence-corrected chi connectivity index (χ0v) is 10.3. The Morgan fingerprint density at radius 2 is 2.21 bits per heavy atom. The molecule has 3 N–H and O–H groups in total. The summed E-state index contributed by atoms with van der Waals surface area (Å²) in [4.78, 5) is 22.7. The molecule has 0 bridgehead atoms. The van der Waals surface area contributed by atoms with Gasteiger partial charge in [0.05, 0.1) is 11.5 Å². The lowest BCUT2D eigenvalue weighted by atomic mass is 9.98. The van der Waals surface area contributed by atoms with Crippen LogP contribution in [0.5, 0.6) is 0 Å². The largest absolute Gasteiger partial charge is 0.478 e. The van der Waals surface area contributed by atoms with Crippen molar-refractivity contribution in [1.29, 1.82) is 0 Å². The van der Waals surface area contributed by atoms with Gasteiger partial charge in [-0.05, 0) is 37.6 Å². The maximum absolute atomic E-state index is 13.2. The normalized spacial score (nSPS) is 18.9. The van der Waals surface area contributed by atoms with Crippen LogP contribution in [0.25, 0.3) is 0 Å². The predicted molar refractivity (Wildman–Crippen MR) is 67.6 cm³/mol. The molecule has 0 radical (unpaired) electrons. The molecule has 0 spiro atoms. The molecule has 1 amide bonds. The third kappa shape index (κ3) is 3.29. The van der Waals surface area contributed by atoms with Crippen molar-refractivity contribution >= 4 is 17.6 Å². The van der Waals surface area contributed by atoms with Gasteiger partial charge in [0.2, 0.25) is 5.91 Å². The average molecular weight is 266 g/mol. The molecule has 1 atom stereocenters. The van der Waals surface area contributed by atoms with E-state index in [4.69, 9.17) is 5.11 Å². The van der Waals surface area contributed by atoms with Crippen LogP contribution in [0.2, 0.25) is 0 Å². The number of nitrogens with one attached hydrogen (secondary N) is 2. The van der Waals surface area contributed by atoms with Crippen molar-refractivity contribution in [3.8, 4) is 0 Å². The Morgan fingerprint density at radius 1 is 1.42 bits per heavy atom. The van der Waals surface area contributed by atoms with Crippen molar-refractivity contribution in [1.82, 2.24) is 5.32 Å². The Labute approximate surface area is 109 Å². The summed E-state index contributed by atoms with van der Waals surface area (Å²) in [6, 6.07) is 3.53. The Kier molecular flexibility index (Phi) is 4.11. The summed E-state index contributed by atoms with van der Waals surface area (Å²) in [6.45, 7) is 1.52. The SMILES string of the molecule is O=C(O)c1cc(NC(=O)C2CCCNC2)ccc1F. The van der Waals surface area contributed by atoms with Crippen molar-refractivity contribution in [3.05, 3.63) is 29.6 Å². The molecule has 2 rings (SSSR count). The number of hydrogen-bond acceptors (Lipinski definition) is 3. The molecular weight excluding hydrogens is 251 g/mol. The number of amides is 1. The van der Waals surface area contributed by atoms with Crippen LogP contribution in [0.15, 0.2) is 18.2 Å². The molecule has 0 saturated carbocycles. The van der Waals surface area contributed by atoms with Gasteiger partial charge in [-0.25, -0.2) is 9.18 Å². The van der Waals surface area contributed by atoms with Gasteiger partial charge in [0.25, 0.3) is 0 Å². The lowest BCUT2D eigenvalue weighted by molar-refractivity contribution is -0.120. The minimum atomic E-state index is -1.35. The molecule has 1 saturated heterocycles. The fourth-order valence-corrected chi connectivity index (χ4v) is 2.09. The van der Waals surface area contributed by atoms with Gasteiger partial charge < -0.3 is 15.7 Å². The summed E-state index contributed by atoms with van der Waals surface area (Å²) < 4.78 is 13.2. The molecule has 1 aromatic rings. The van der Waals surface area contributed by atoms with Gasteiger partial charge >= 0.3 is 5.97 Å².